The maximum atomic E-state index is 15.4. The van der Waals surface area contributed by atoms with Crippen LogP contribution >= 0.6 is 0 Å². The number of para-hydroxylation sites is 6. The maximum Gasteiger partial charge on any atom is 0.417 e. The molecule has 0 amide bonds. The van der Waals surface area contributed by atoms with Gasteiger partial charge >= 0.3 is 6.18 Å². The van der Waals surface area contributed by atoms with Crippen molar-refractivity contribution in [2.45, 2.75) is 13.1 Å². The predicted octanol–water partition coefficient (Wildman–Crippen LogP) is 17.1. The van der Waals surface area contributed by atoms with Crippen molar-refractivity contribution in [2.75, 3.05) is 0 Å². The summed E-state index contributed by atoms with van der Waals surface area (Å²) in [5.74, 6) is 0. The van der Waals surface area contributed by atoms with Crippen LogP contribution in [0, 0.1) is 6.92 Å². The van der Waals surface area contributed by atoms with E-state index in [1.54, 1.807) is 12.1 Å². The zero-order valence-corrected chi connectivity index (χ0v) is 37.2. The normalized spacial score (nSPS) is 12.3. The first kappa shape index (κ1) is 39.4. The Morgan fingerprint density at radius 1 is 0.275 bits per heavy atom. The molecule has 0 saturated carbocycles. The molecule has 10 aromatic carbocycles. The summed E-state index contributed by atoms with van der Waals surface area (Å²) < 4.78 is 55.0. The molecular formula is C62H39F3N4. The van der Waals surface area contributed by atoms with Crippen molar-refractivity contribution in [2.24, 2.45) is 0 Å². The van der Waals surface area contributed by atoms with Crippen LogP contribution in [0.15, 0.2) is 218 Å². The molecule has 0 fully saturated rings. The fourth-order valence-electron chi connectivity index (χ4n) is 11.3. The van der Waals surface area contributed by atoms with Crippen LogP contribution in [-0.4, -0.2) is 18.3 Å². The van der Waals surface area contributed by atoms with Gasteiger partial charge in [-0.05, 0) is 127 Å². The highest BCUT2D eigenvalue weighted by Gasteiger charge is 2.35. The first-order valence-corrected chi connectivity index (χ1v) is 23.2. The molecule has 14 rings (SSSR count). The monoisotopic (exact) mass is 896 g/mol. The molecule has 0 unspecified atom stereocenters. The number of aryl methyl sites for hydroxylation is 1. The van der Waals surface area contributed by atoms with E-state index in [2.05, 4.69) is 170 Å². The van der Waals surface area contributed by atoms with E-state index in [-0.39, 0.29) is 5.56 Å². The Morgan fingerprint density at radius 3 is 0.913 bits per heavy atom. The van der Waals surface area contributed by atoms with Gasteiger partial charge in [-0.3, -0.25) is 0 Å². The predicted molar refractivity (Wildman–Crippen MR) is 279 cm³/mol. The average molecular weight is 897 g/mol. The molecule has 328 valence electrons. The molecule has 0 aliphatic rings. The Kier molecular flexibility index (Phi) is 8.33. The van der Waals surface area contributed by atoms with Crippen LogP contribution in [0.4, 0.5) is 13.2 Å². The molecule has 0 atom stereocenters. The fourth-order valence-corrected chi connectivity index (χ4v) is 11.3. The highest BCUT2D eigenvalue weighted by Crippen LogP contribution is 2.44. The Labute approximate surface area is 393 Å². The van der Waals surface area contributed by atoms with Gasteiger partial charge in [-0.25, -0.2) is 0 Å². The number of rotatable bonds is 5. The van der Waals surface area contributed by atoms with Gasteiger partial charge in [0.25, 0.3) is 0 Å². The third-order valence-corrected chi connectivity index (χ3v) is 14.3. The smallest absolute Gasteiger partial charge is 0.309 e. The van der Waals surface area contributed by atoms with E-state index in [1.807, 2.05) is 55.5 Å². The number of halogens is 3. The summed E-state index contributed by atoms with van der Waals surface area (Å²) >= 11 is 0. The molecule has 4 nitrogen and oxygen atoms in total. The molecule has 14 aromatic rings. The molecule has 0 aliphatic heterocycles. The van der Waals surface area contributed by atoms with Gasteiger partial charge < -0.3 is 18.3 Å². The van der Waals surface area contributed by atoms with Crippen molar-refractivity contribution in [3.63, 3.8) is 0 Å². The Bertz CT molecular complexity index is 4340. The van der Waals surface area contributed by atoms with E-state index in [9.17, 15) is 0 Å². The number of alkyl halides is 3. The summed E-state index contributed by atoms with van der Waals surface area (Å²) in [4.78, 5) is 0. The van der Waals surface area contributed by atoms with Crippen LogP contribution in [0.25, 0.3) is 121 Å². The summed E-state index contributed by atoms with van der Waals surface area (Å²) in [5, 5.41) is 8.87. The van der Waals surface area contributed by atoms with Crippen LogP contribution in [0.2, 0.25) is 0 Å². The van der Waals surface area contributed by atoms with E-state index >= 15 is 13.2 Å². The largest absolute Gasteiger partial charge is 0.417 e. The second-order valence-corrected chi connectivity index (χ2v) is 18.1. The lowest BCUT2D eigenvalue weighted by Gasteiger charge is -2.19. The van der Waals surface area contributed by atoms with Crippen molar-refractivity contribution < 1.29 is 13.2 Å². The van der Waals surface area contributed by atoms with E-state index in [0.29, 0.717) is 11.3 Å². The van der Waals surface area contributed by atoms with Gasteiger partial charge in [-0.1, -0.05) is 115 Å². The number of benzene rings is 10. The van der Waals surface area contributed by atoms with Crippen LogP contribution < -0.4 is 0 Å². The standard InChI is InChI=1S/C62H39F3N4/c1-38-26-27-39(68-58-24-12-6-18-47(58)51-36-41(29-32-60(51)68)66-54-20-8-2-14-43(54)44-15-3-9-21-55(44)66)34-49(38)50-35-40(28-31-53(50)62(63,64)65)69-59-25-13-7-19-48(59)52-37-42(30-33-61(52)69)67-56-22-10-4-16-45(56)46-17-5-11-23-57(46)67/h2-37H,1H3. The molecule has 4 aromatic heterocycles. The molecule has 4 heterocycles. The van der Waals surface area contributed by atoms with Crippen LogP contribution in [0.5, 0.6) is 0 Å². The van der Waals surface area contributed by atoms with Crippen molar-refractivity contribution in [1.29, 1.82) is 0 Å². The Morgan fingerprint density at radius 2 is 0.551 bits per heavy atom. The van der Waals surface area contributed by atoms with Gasteiger partial charge in [0.15, 0.2) is 0 Å². The molecular weight excluding hydrogens is 858 g/mol. The highest BCUT2D eigenvalue weighted by molar-refractivity contribution is 6.14. The number of nitrogens with zero attached hydrogens (tertiary/aromatic N) is 4. The first-order valence-electron chi connectivity index (χ1n) is 23.2. The van der Waals surface area contributed by atoms with Crippen molar-refractivity contribution >= 4 is 87.2 Å². The number of hydrogen-bond donors (Lipinski definition) is 0. The van der Waals surface area contributed by atoms with Gasteiger partial charge in [0, 0.05) is 65.8 Å². The maximum absolute atomic E-state index is 15.4. The molecule has 0 bridgehead atoms. The van der Waals surface area contributed by atoms with Crippen molar-refractivity contribution in [3.8, 4) is 33.9 Å². The van der Waals surface area contributed by atoms with E-state index in [4.69, 9.17) is 0 Å². The third-order valence-electron chi connectivity index (χ3n) is 14.3. The quantitative estimate of drug-likeness (QED) is 0.164. The van der Waals surface area contributed by atoms with Gasteiger partial charge in [0.05, 0.1) is 49.7 Å². The Hall–Kier alpha value is -8.81. The van der Waals surface area contributed by atoms with E-state index in [1.165, 1.54) is 27.6 Å². The molecule has 0 saturated heterocycles. The second-order valence-electron chi connectivity index (χ2n) is 18.1. The SMILES string of the molecule is Cc1ccc(-n2c3ccccc3c3cc(-n4c5ccccc5c5ccccc54)ccc32)cc1-c1cc(-n2c3ccccc3c3cc(-n4c5ccccc5c5ccccc54)ccc32)ccc1C(F)(F)F. The lowest BCUT2D eigenvalue weighted by molar-refractivity contribution is -0.137. The average Bonchev–Trinajstić information content (AvgIpc) is 4.11. The van der Waals surface area contributed by atoms with Crippen molar-refractivity contribution in [1.82, 2.24) is 18.3 Å². The zero-order valence-electron chi connectivity index (χ0n) is 37.2. The number of aromatic nitrogens is 4. The minimum atomic E-state index is -4.61. The van der Waals surface area contributed by atoms with Gasteiger partial charge in [0.1, 0.15) is 0 Å². The Balaban J connectivity index is 0.946. The lowest BCUT2D eigenvalue weighted by Crippen LogP contribution is -2.09. The molecule has 69 heavy (non-hydrogen) atoms. The number of fused-ring (bicyclic) bond motifs is 12. The summed E-state index contributed by atoms with van der Waals surface area (Å²) in [6, 6.07) is 73.7. The van der Waals surface area contributed by atoms with Crippen molar-refractivity contribution in [3.05, 3.63) is 230 Å². The summed E-state index contributed by atoms with van der Waals surface area (Å²) in [6.07, 6.45) is -4.61. The summed E-state index contributed by atoms with van der Waals surface area (Å²) in [6.45, 7) is 1.90. The fraction of sp³-hybridized carbons (Fsp3) is 0.0323. The molecule has 0 spiro atoms. The van der Waals surface area contributed by atoms with Crippen LogP contribution in [0.1, 0.15) is 11.1 Å². The summed E-state index contributed by atoms with van der Waals surface area (Å²) in [7, 11) is 0. The molecule has 0 radical (unpaired) electrons. The number of hydrogen-bond acceptors (Lipinski definition) is 0. The topological polar surface area (TPSA) is 19.7 Å². The minimum Gasteiger partial charge on any atom is -0.309 e. The zero-order chi connectivity index (χ0) is 46.1. The van der Waals surface area contributed by atoms with Crippen LogP contribution in [0.3, 0.4) is 0 Å². The highest BCUT2D eigenvalue weighted by atomic mass is 19.4. The molecule has 0 N–H and O–H groups in total. The van der Waals surface area contributed by atoms with Gasteiger partial charge in [0.2, 0.25) is 0 Å². The summed E-state index contributed by atoms with van der Waals surface area (Å²) in [5.41, 5.74) is 12.4. The van der Waals surface area contributed by atoms with Gasteiger partial charge in [-0.15, -0.1) is 0 Å². The van der Waals surface area contributed by atoms with Crippen LogP contribution in [-0.2, 0) is 6.18 Å². The van der Waals surface area contributed by atoms with E-state index in [0.717, 1.165) is 88.3 Å². The molecule has 0 aliphatic carbocycles. The minimum absolute atomic E-state index is 0.126. The first-order chi connectivity index (χ1) is 33.8. The second kappa shape index (κ2) is 14.6. The van der Waals surface area contributed by atoms with Gasteiger partial charge in [-0.2, -0.15) is 13.2 Å². The van der Waals surface area contributed by atoms with E-state index < -0.39 is 11.7 Å². The lowest BCUT2D eigenvalue weighted by atomic mass is 9.94. The molecule has 7 heteroatoms. The third kappa shape index (κ3) is 5.77.